The molecule has 3 nitrogen and oxygen atoms in total. The number of nitrogens with zero attached hydrogens (tertiary/aromatic N) is 2. The van der Waals surface area contributed by atoms with E-state index in [1.807, 2.05) is 0 Å². The maximum Gasteiger partial charge on any atom is 0.253 e. The lowest BCUT2D eigenvalue weighted by atomic mass is 10.1. The van der Waals surface area contributed by atoms with Gasteiger partial charge < -0.3 is 0 Å². The van der Waals surface area contributed by atoms with E-state index in [9.17, 15) is 4.79 Å². The summed E-state index contributed by atoms with van der Waals surface area (Å²) >= 11 is 0. The number of rotatable bonds is 11. The van der Waals surface area contributed by atoms with Crippen LogP contribution in [0.25, 0.3) is 0 Å². The predicted molar refractivity (Wildman–Crippen MR) is 80.3 cm³/mol. The highest BCUT2D eigenvalue weighted by molar-refractivity contribution is 4.81. The molecule has 0 saturated heterocycles. The molecule has 0 unspecified atom stereocenters. The van der Waals surface area contributed by atoms with Crippen LogP contribution in [0.15, 0.2) is 23.4 Å². The van der Waals surface area contributed by atoms with Gasteiger partial charge in [-0.15, -0.1) is 0 Å². The molecule has 0 aliphatic rings. The monoisotopic (exact) mass is 264 g/mol. The first-order valence-electron chi connectivity index (χ1n) is 7.85. The molecule has 0 aliphatic carbocycles. The van der Waals surface area contributed by atoms with Crippen LogP contribution in [-0.2, 0) is 6.54 Å². The molecular formula is C16H28N2O. The maximum atomic E-state index is 11.4. The van der Waals surface area contributed by atoms with Crippen molar-refractivity contribution < 1.29 is 0 Å². The number of hydrogen-bond donors (Lipinski definition) is 0. The van der Waals surface area contributed by atoms with Crippen LogP contribution in [-0.4, -0.2) is 9.55 Å². The van der Waals surface area contributed by atoms with E-state index >= 15 is 0 Å². The molecule has 108 valence electrons. The van der Waals surface area contributed by atoms with Gasteiger partial charge in [-0.1, -0.05) is 64.7 Å². The Hall–Kier alpha value is -1.12. The lowest BCUT2D eigenvalue weighted by molar-refractivity contribution is 0.527. The Morgan fingerprint density at radius 1 is 0.947 bits per heavy atom. The summed E-state index contributed by atoms with van der Waals surface area (Å²) in [6, 6.07) is 1.52. The molecule has 0 aliphatic heterocycles. The maximum absolute atomic E-state index is 11.4. The predicted octanol–water partition coefficient (Wildman–Crippen LogP) is 4.16. The third-order valence-electron chi connectivity index (χ3n) is 3.54. The molecule has 0 fully saturated rings. The van der Waals surface area contributed by atoms with E-state index in [1.165, 1.54) is 63.9 Å². The molecule has 0 aromatic carbocycles. The van der Waals surface area contributed by atoms with Crippen LogP contribution in [0.4, 0.5) is 0 Å². The molecule has 1 rings (SSSR count). The molecule has 0 bridgehead atoms. The molecule has 1 heterocycles. The van der Waals surface area contributed by atoms with Crippen LogP contribution in [0.2, 0.25) is 0 Å². The SMILES string of the molecule is CCCCCCCCCCCCn1cnccc1=O. The minimum absolute atomic E-state index is 0.0610. The summed E-state index contributed by atoms with van der Waals surface area (Å²) < 4.78 is 1.70. The molecule has 19 heavy (non-hydrogen) atoms. The van der Waals surface area contributed by atoms with Crippen LogP contribution in [0.3, 0.4) is 0 Å². The van der Waals surface area contributed by atoms with Gasteiger partial charge in [0.25, 0.3) is 5.56 Å². The summed E-state index contributed by atoms with van der Waals surface area (Å²) in [5.74, 6) is 0. The molecule has 0 N–H and O–H groups in total. The highest BCUT2D eigenvalue weighted by Crippen LogP contribution is 2.10. The van der Waals surface area contributed by atoms with Crippen molar-refractivity contribution in [2.24, 2.45) is 0 Å². The topological polar surface area (TPSA) is 34.9 Å². The molecule has 0 saturated carbocycles. The Morgan fingerprint density at radius 2 is 1.53 bits per heavy atom. The third-order valence-corrected chi connectivity index (χ3v) is 3.54. The van der Waals surface area contributed by atoms with Crippen LogP contribution in [0, 0.1) is 0 Å². The summed E-state index contributed by atoms with van der Waals surface area (Å²) in [7, 11) is 0. The van der Waals surface area contributed by atoms with Gasteiger partial charge in [-0.25, -0.2) is 4.98 Å². The molecule has 0 spiro atoms. The summed E-state index contributed by atoms with van der Waals surface area (Å²) in [6.45, 7) is 3.07. The van der Waals surface area contributed by atoms with Gasteiger partial charge in [0, 0.05) is 18.8 Å². The van der Waals surface area contributed by atoms with Gasteiger partial charge >= 0.3 is 0 Å². The first kappa shape index (κ1) is 15.9. The van der Waals surface area contributed by atoms with E-state index in [0.29, 0.717) is 0 Å². The van der Waals surface area contributed by atoms with Gasteiger partial charge in [-0.2, -0.15) is 0 Å². The van der Waals surface area contributed by atoms with E-state index < -0.39 is 0 Å². The Morgan fingerprint density at radius 3 is 2.11 bits per heavy atom. The fourth-order valence-electron chi connectivity index (χ4n) is 2.32. The van der Waals surface area contributed by atoms with Crippen molar-refractivity contribution in [3.05, 3.63) is 28.9 Å². The molecule has 0 amide bonds. The van der Waals surface area contributed by atoms with Crippen molar-refractivity contribution in [1.82, 2.24) is 9.55 Å². The zero-order valence-corrected chi connectivity index (χ0v) is 12.3. The zero-order chi connectivity index (χ0) is 13.8. The number of hydrogen-bond acceptors (Lipinski definition) is 2. The van der Waals surface area contributed by atoms with E-state index in [0.717, 1.165) is 13.0 Å². The van der Waals surface area contributed by atoms with Crippen molar-refractivity contribution in [2.45, 2.75) is 77.7 Å². The second-order valence-corrected chi connectivity index (χ2v) is 5.29. The van der Waals surface area contributed by atoms with Gasteiger partial charge in [-0.3, -0.25) is 9.36 Å². The van der Waals surface area contributed by atoms with Crippen molar-refractivity contribution in [1.29, 1.82) is 0 Å². The summed E-state index contributed by atoms with van der Waals surface area (Å²) in [5.41, 5.74) is 0.0610. The summed E-state index contributed by atoms with van der Waals surface area (Å²) in [6.07, 6.45) is 16.4. The Balaban J connectivity index is 1.92. The average Bonchev–Trinajstić information content (AvgIpc) is 2.43. The van der Waals surface area contributed by atoms with Gasteiger partial charge in [0.05, 0.1) is 6.33 Å². The molecular weight excluding hydrogens is 236 g/mol. The van der Waals surface area contributed by atoms with Crippen LogP contribution >= 0.6 is 0 Å². The van der Waals surface area contributed by atoms with Gasteiger partial charge in [0.2, 0.25) is 0 Å². The fraction of sp³-hybridized carbons (Fsp3) is 0.750. The smallest absolute Gasteiger partial charge is 0.253 e. The minimum Gasteiger partial charge on any atom is -0.299 e. The summed E-state index contributed by atoms with van der Waals surface area (Å²) in [5, 5.41) is 0. The van der Waals surface area contributed by atoms with Crippen molar-refractivity contribution >= 4 is 0 Å². The molecule has 1 aromatic rings. The van der Waals surface area contributed by atoms with Crippen LogP contribution in [0.1, 0.15) is 71.1 Å². The van der Waals surface area contributed by atoms with Crippen LogP contribution in [0.5, 0.6) is 0 Å². The second-order valence-electron chi connectivity index (χ2n) is 5.29. The lowest BCUT2D eigenvalue weighted by Crippen LogP contribution is -2.18. The van der Waals surface area contributed by atoms with E-state index in [4.69, 9.17) is 0 Å². The van der Waals surface area contributed by atoms with Gasteiger partial charge in [-0.05, 0) is 6.42 Å². The number of aromatic nitrogens is 2. The van der Waals surface area contributed by atoms with Crippen molar-refractivity contribution in [2.75, 3.05) is 0 Å². The molecule has 0 atom stereocenters. The van der Waals surface area contributed by atoms with Gasteiger partial charge in [0.15, 0.2) is 0 Å². The first-order chi connectivity index (χ1) is 9.34. The van der Waals surface area contributed by atoms with Crippen molar-refractivity contribution in [3.63, 3.8) is 0 Å². The minimum atomic E-state index is 0.0610. The normalized spacial score (nSPS) is 10.8. The highest BCUT2D eigenvalue weighted by Gasteiger charge is 1.95. The second kappa shape index (κ2) is 10.8. The third kappa shape index (κ3) is 7.81. The Labute approximate surface area is 117 Å². The molecule has 3 heteroatoms. The Kier molecular flexibility index (Phi) is 9.03. The molecule has 1 aromatic heterocycles. The quantitative estimate of drug-likeness (QED) is 0.562. The van der Waals surface area contributed by atoms with Crippen LogP contribution < -0.4 is 5.56 Å². The average molecular weight is 264 g/mol. The van der Waals surface area contributed by atoms with Crippen molar-refractivity contribution in [3.8, 4) is 0 Å². The fourth-order valence-corrected chi connectivity index (χ4v) is 2.32. The van der Waals surface area contributed by atoms with E-state index in [-0.39, 0.29) is 5.56 Å². The summed E-state index contributed by atoms with van der Waals surface area (Å²) in [4.78, 5) is 15.4. The number of aryl methyl sites for hydroxylation is 1. The lowest BCUT2D eigenvalue weighted by Gasteiger charge is -2.04. The Bertz CT molecular complexity index is 373. The largest absolute Gasteiger partial charge is 0.299 e. The highest BCUT2D eigenvalue weighted by atomic mass is 16.1. The van der Waals surface area contributed by atoms with Gasteiger partial charge in [0.1, 0.15) is 0 Å². The zero-order valence-electron chi connectivity index (χ0n) is 12.3. The van der Waals surface area contributed by atoms with E-state index in [2.05, 4.69) is 11.9 Å². The molecule has 0 radical (unpaired) electrons. The standard InChI is InChI=1S/C16H28N2O/c1-2-3-4-5-6-7-8-9-10-11-14-18-15-17-13-12-16(18)19/h12-13,15H,2-11,14H2,1H3. The number of unbranched alkanes of at least 4 members (excludes halogenated alkanes) is 9. The van der Waals surface area contributed by atoms with E-state index in [1.54, 1.807) is 17.1 Å². The first-order valence-corrected chi connectivity index (χ1v) is 7.85.